The van der Waals surface area contributed by atoms with E-state index in [1.165, 1.54) is 19.2 Å². The van der Waals surface area contributed by atoms with Crippen molar-refractivity contribution in [3.8, 4) is 0 Å². The normalized spacial score (nSPS) is 11.0. The van der Waals surface area contributed by atoms with E-state index in [0.717, 1.165) is 4.47 Å². The fourth-order valence-corrected chi connectivity index (χ4v) is 3.27. The van der Waals surface area contributed by atoms with Crippen molar-refractivity contribution in [1.29, 1.82) is 0 Å². The van der Waals surface area contributed by atoms with E-state index in [4.69, 9.17) is 0 Å². The molecule has 0 unspecified atom stereocenters. The zero-order valence-electron chi connectivity index (χ0n) is 11.7. The van der Waals surface area contributed by atoms with Gasteiger partial charge in [0.2, 0.25) is 10.0 Å². The van der Waals surface area contributed by atoms with Crippen molar-refractivity contribution >= 4 is 37.6 Å². The van der Waals surface area contributed by atoms with Crippen molar-refractivity contribution in [1.82, 2.24) is 0 Å². The molecule has 0 aliphatic heterocycles. The van der Waals surface area contributed by atoms with E-state index >= 15 is 0 Å². The van der Waals surface area contributed by atoms with Crippen LogP contribution in [0.3, 0.4) is 0 Å². The van der Waals surface area contributed by atoms with E-state index in [1.54, 1.807) is 36.4 Å². The van der Waals surface area contributed by atoms with Crippen molar-refractivity contribution in [2.75, 3.05) is 11.8 Å². The molecule has 0 spiro atoms. The zero-order valence-corrected chi connectivity index (χ0v) is 14.1. The molecule has 0 aliphatic carbocycles. The van der Waals surface area contributed by atoms with Crippen LogP contribution in [-0.4, -0.2) is 21.5 Å². The van der Waals surface area contributed by atoms with E-state index in [-0.39, 0.29) is 5.75 Å². The van der Waals surface area contributed by atoms with Gasteiger partial charge in [0.25, 0.3) is 0 Å². The molecular formula is C15H14BrNO4S. The monoisotopic (exact) mass is 383 g/mol. The summed E-state index contributed by atoms with van der Waals surface area (Å²) in [6, 6.07) is 13.1. The lowest BCUT2D eigenvalue weighted by atomic mass is 10.1. The highest BCUT2D eigenvalue weighted by atomic mass is 79.9. The number of rotatable bonds is 5. The average molecular weight is 384 g/mol. The van der Waals surface area contributed by atoms with Crippen LogP contribution in [-0.2, 0) is 20.5 Å². The Kier molecular flexibility index (Phi) is 5.20. The Morgan fingerprint density at radius 3 is 2.23 bits per heavy atom. The van der Waals surface area contributed by atoms with Crippen LogP contribution in [0.1, 0.15) is 15.9 Å². The molecule has 0 aromatic heterocycles. The predicted octanol–water partition coefficient (Wildman–Crippen LogP) is 3.18. The Labute approximate surface area is 137 Å². The molecule has 0 heterocycles. The summed E-state index contributed by atoms with van der Waals surface area (Å²) in [7, 11) is -2.23. The largest absolute Gasteiger partial charge is 0.465 e. The third kappa shape index (κ3) is 4.57. The van der Waals surface area contributed by atoms with Gasteiger partial charge in [-0.3, -0.25) is 4.72 Å². The van der Waals surface area contributed by atoms with Gasteiger partial charge in [0.05, 0.1) is 18.4 Å². The van der Waals surface area contributed by atoms with Gasteiger partial charge in [0.15, 0.2) is 0 Å². The van der Waals surface area contributed by atoms with Crippen LogP contribution in [0.4, 0.5) is 5.69 Å². The fourth-order valence-electron chi connectivity index (χ4n) is 1.81. The molecule has 2 rings (SSSR count). The number of esters is 1. The molecule has 0 atom stereocenters. The summed E-state index contributed by atoms with van der Waals surface area (Å²) in [6.45, 7) is 0. The number of hydrogen-bond acceptors (Lipinski definition) is 4. The summed E-state index contributed by atoms with van der Waals surface area (Å²) >= 11 is 3.29. The van der Waals surface area contributed by atoms with E-state index in [9.17, 15) is 13.2 Å². The number of ether oxygens (including phenoxy) is 1. The lowest BCUT2D eigenvalue weighted by Gasteiger charge is -2.08. The summed E-state index contributed by atoms with van der Waals surface area (Å²) in [5, 5.41) is 0. The highest BCUT2D eigenvalue weighted by Crippen LogP contribution is 2.17. The van der Waals surface area contributed by atoms with Crippen molar-refractivity contribution < 1.29 is 17.9 Å². The topological polar surface area (TPSA) is 72.5 Å². The Balaban J connectivity index is 2.08. The minimum Gasteiger partial charge on any atom is -0.465 e. The van der Waals surface area contributed by atoms with Gasteiger partial charge in [-0.25, -0.2) is 13.2 Å². The maximum Gasteiger partial charge on any atom is 0.337 e. The van der Waals surface area contributed by atoms with Crippen molar-refractivity contribution in [3.05, 3.63) is 64.1 Å². The Hall–Kier alpha value is -1.86. The second-order valence-corrected chi connectivity index (χ2v) is 7.19. The van der Waals surface area contributed by atoms with Crippen molar-refractivity contribution in [3.63, 3.8) is 0 Å². The first kappa shape index (κ1) is 16.5. The minimum atomic E-state index is -3.52. The van der Waals surface area contributed by atoms with Gasteiger partial charge in [-0.1, -0.05) is 28.1 Å². The van der Waals surface area contributed by atoms with E-state index < -0.39 is 16.0 Å². The SMILES string of the molecule is COC(=O)c1ccc(CS(=O)(=O)Nc2ccc(Br)cc2)cc1. The fraction of sp³-hybridized carbons (Fsp3) is 0.133. The molecule has 0 saturated heterocycles. The molecule has 2 aromatic carbocycles. The summed E-state index contributed by atoms with van der Waals surface area (Å²) in [5.74, 6) is -0.632. The lowest BCUT2D eigenvalue weighted by molar-refractivity contribution is 0.0600. The van der Waals surface area contributed by atoms with E-state index in [1.807, 2.05) is 0 Å². The second kappa shape index (κ2) is 6.93. The zero-order chi connectivity index (χ0) is 16.2. The van der Waals surface area contributed by atoms with Gasteiger partial charge in [-0.2, -0.15) is 0 Å². The second-order valence-electron chi connectivity index (χ2n) is 4.56. The van der Waals surface area contributed by atoms with Crippen LogP contribution in [0.15, 0.2) is 53.0 Å². The quantitative estimate of drug-likeness (QED) is 0.804. The maximum atomic E-state index is 12.1. The third-order valence-corrected chi connectivity index (χ3v) is 4.64. The first-order valence-corrected chi connectivity index (χ1v) is 8.77. The lowest BCUT2D eigenvalue weighted by Crippen LogP contribution is -2.15. The Morgan fingerprint density at radius 1 is 1.09 bits per heavy atom. The number of carbonyl (C=O) groups excluding carboxylic acids is 1. The number of hydrogen-bond donors (Lipinski definition) is 1. The molecule has 22 heavy (non-hydrogen) atoms. The molecule has 0 saturated carbocycles. The Bertz CT molecular complexity index is 755. The van der Waals surface area contributed by atoms with Gasteiger partial charge >= 0.3 is 5.97 Å². The number of sulfonamides is 1. The standard InChI is InChI=1S/C15H14BrNO4S/c1-21-15(18)12-4-2-11(3-5-12)10-22(19,20)17-14-8-6-13(16)7-9-14/h2-9,17H,10H2,1H3. The van der Waals surface area contributed by atoms with E-state index in [2.05, 4.69) is 25.4 Å². The summed E-state index contributed by atoms with van der Waals surface area (Å²) in [5.41, 5.74) is 1.45. The van der Waals surface area contributed by atoms with Crippen LogP contribution in [0, 0.1) is 0 Å². The molecule has 1 N–H and O–H groups in total. The van der Waals surface area contributed by atoms with Crippen LogP contribution in [0.2, 0.25) is 0 Å². The number of benzene rings is 2. The van der Waals surface area contributed by atoms with Crippen LogP contribution < -0.4 is 4.72 Å². The number of methoxy groups -OCH3 is 1. The summed E-state index contributed by atoms with van der Waals surface area (Å²) in [4.78, 5) is 11.3. The smallest absolute Gasteiger partial charge is 0.337 e. The van der Waals surface area contributed by atoms with Gasteiger partial charge < -0.3 is 4.74 Å². The van der Waals surface area contributed by atoms with Crippen LogP contribution in [0.25, 0.3) is 0 Å². The Morgan fingerprint density at radius 2 is 1.68 bits per heavy atom. The average Bonchev–Trinajstić information content (AvgIpc) is 2.49. The molecule has 0 amide bonds. The molecule has 0 aliphatic rings. The van der Waals surface area contributed by atoms with Gasteiger partial charge in [0.1, 0.15) is 0 Å². The molecule has 0 radical (unpaired) electrons. The number of nitrogens with one attached hydrogen (secondary N) is 1. The molecule has 5 nitrogen and oxygen atoms in total. The molecule has 0 bridgehead atoms. The van der Waals surface area contributed by atoms with Crippen molar-refractivity contribution in [2.24, 2.45) is 0 Å². The predicted molar refractivity (Wildman–Crippen MR) is 88.2 cm³/mol. The van der Waals surface area contributed by atoms with Gasteiger partial charge in [-0.05, 0) is 42.0 Å². The molecule has 7 heteroatoms. The number of carbonyl (C=O) groups is 1. The van der Waals surface area contributed by atoms with Crippen LogP contribution >= 0.6 is 15.9 Å². The first-order chi connectivity index (χ1) is 10.4. The van der Waals surface area contributed by atoms with Gasteiger partial charge in [0, 0.05) is 10.2 Å². The highest BCUT2D eigenvalue weighted by molar-refractivity contribution is 9.10. The maximum absolute atomic E-state index is 12.1. The van der Waals surface area contributed by atoms with Crippen molar-refractivity contribution in [2.45, 2.75) is 5.75 Å². The molecular weight excluding hydrogens is 370 g/mol. The molecule has 0 fully saturated rings. The molecule has 2 aromatic rings. The number of halogens is 1. The summed E-state index contributed by atoms with van der Waals surface area (Å²) < 4.78 is 32.2. The minimum absolute atomic E-state index is 0.176. The highest BCUT2D eigenvalue weighted by Gasteiger charge is 2.13. The first-order valence-electron chi connectivity index (χ1n) is 6.33. The summed E-state index contributed by atoms with van der Waals surface area (Å²) in [6.07, 6.45) is 0. The van der Waals surface area contributed by atoms with Gasteiger partial charge in [-0.15, -0.1) is 0 Å². The third-order valence-electron chi connectivity index (χ3n) is 2.85. The van der Waals surface area contributed by atoms with Crippen LogP contribution in [0.5, 0.6) is 0 Å². The van der Waals surface area contributed by atoms with E-state index in [0.29, 0.717) is 16.8 Å². The molecule has 116 valence electrons. The number of anilines is 1.